The molecule has 7 nitrogen and oxygen atoms in total. The molecule has 1 aromatic heterocycles. The van der Waals surface area contributed by atoms with Crippen LogP contribution in [-0.4, -0.2) is 62.1 Å². The van der Waals surface area contributed by atoms with Crippen molar-refractivity contribution in [3.8, 4) is 0 Å². The van der Waals surface area contributed by atoms with E-state index >= 15 is 0 Å². The van der Waals surface area contributed by atoms with Gasteiger partial charge in [-0.25, -0.2) is 9.78 Å². The lowest BCUT2D eigenvalue weighted by Gasteiger charge is -2.35. The van der Waals surface area contributed by atoms with Crippen molar-refractivity contribution >= 4 is 51.0 Å². The topological polar surface area (TPSA) is 66.9 Å². The third kappa shape index (κ3) is 5.71. The Morgan fingerprint density at radius 2 is 1.97 bits per heavy atom. The molecule has 0 radical (unpaired) electrons. The highest BCUT2D eigenvalue weighted by molar-refractivity contribution is 14.1. The van der Waals surface area contributed by atoms with Gasteiger partial charge in [0.1, 0.15) is 15.1 Å². The minimum atomic E-state index is -0.498. The summed E-state index contributed by atoms with van der Waals surface area (Å²) in [5.41, 5.74) is 0.710. The smallest absolute Gasteiger partial charge is 0.407 e. The highest BCUT2D eigenvalue weighted by Gasteiger charge is 2.26. The van der Waals surface area contributed by atoms with Gasteiger partial charge in [0.2, 0.25) is 0 Å². The Balaban J connectivity index is 1.57. The number of alkyl carbamates (subject to hydrolysis) is 1. The molecule has 0 saturated carbocycles. The maximum absolute atomic E-state index is 12.3. The van der Waals surface area contributed by atoms with Crippen LogP contribution < -0.4 is 15.1 Å². The minimum Gasteiger partial charge on any atom is -0.444 e. The Labute approximate surface area is 197 Å². The summed E-state index contributed by atoms with van der Waals surface area (Å²) >= 11 is 2.29. The van der Waals surface area contributed by atoms with E-state index in [4.69, 9.17) is 14.5 Å². The monoisotopic (exact) mass is 538 g/mol. The van der Waals surface area contributed by atoms with E-state index in [1.807, 2.05) is 20.8 Å². The molecule has 1 N–H and O–H groups in total. The van der Waals surface area contributed by atoms with Crippen LogP contribution in [0, 0.1) is 3.70 Å². The van der Waals surface area contributed by atoms with E-state index in [0.717, 1.165) is 67.1 Å². The van der Waals surface area contributed by atoms with Gasteiger partial charge < -0.3 is 24.6 Å². The van der Waals surface area contributed by atoms with Crippen LogP contribution in [0.5, 0.6) is 0 Å². The largest absolute Gasteiger partial charge is 0.444 e. The zero-order valence-electron chi connectivity index (χ0n) is 18.5. The number of halogens is 1. The van der Waals surface area contributed by atoms with Crippen molar-refractivity contribution in [2.45, 2.75) is 45.3 Å². The molecule has 0 bridgehead atoms. The first kappa shape index (κ1) is 22.4. The first-order chi connectivity index (χ1) is 14.8. The van der Waals surface area contributed by atoms with E-state index in [0.29, 0.717) is 0 Å². The van der Waals surface area contributed by atoms with Crippen molar-refractivity contribution in [1.82, 2.24) is 10.3 Å². The number of anilines is 2. The molecule has 0 spiro atoms. The van der Waals surface area contributed by atoms with Gasteiger partial charge in [0.25, 0.3) is 0 Å². The van der Waals surface area contributed by atoms with Crippen molar-refractivity contribution in [1.29, 1.82) is 0 Å². The van der Waals surface area contributed by atoms with Crippen LogP contribution in [0.25, 0.3) is 10.8 Å². The van der Waals surface area contributed by atoms with Crippen molar-refractivity contribution < 1.29 is 14.3 Å². The van der Waals surface area contributed by atoms with Crippen LogP contribution in [-0.2, 0) is 9.47 Å². The second-order valence-corrected chi connectivity index (χ2v) is 10.3. The minimum absolute atomic E-state index is 0.0424. The predicted molar refractivity (Wildman–Crippen MR) is 132 cm³/mol. The van der Waals surface area contributed by atoms with Crippen LogP contribution in [0.3, 0.4) is 0 Å². The third-order valence-corrected chi connectivity index (χ3v) is 6.14. The molecule has 2 saturated heterocycles. The standard InChI is InChI=1S/C23H31IN4O3/c1-23(2,3)31-22(29)25-17-5-4-8-28(15-17)21-19-14-18(27-9-11-30-12-10-27)7-6-16(19)13-20(24)26-21/h6-7,13-14,17H,4-5,8-12,15H2,1-3H3,(H,25,29)/t17-/m0/s1. The van der Waals surface area contributed by atoms with Crippen LogP contribution in [0.4, 0.5) is 16.3 Å². The third-order valence-electron chi connectivity index (χ3n) is 5.58. The van der Waals surface area contributed by atoms with Gasteiger partial charge in [0.05, 0.1) is 13.2 Å². The summed E-state index contributed by atoms with van der Waals surface area (Å²) in [6, 6.07) is 8.80. The lowest BCUT2D eigenvalue weighted by atomic mass is 10.0. The van der Waals surface area contributed by atoms with Gasteiger partial charge in [-0.3, -0.25) is 0 Å². The summed E-state index contributed by atoms with van der Waals surface area (Å²) < 4.78 is 11.9. The summed E-state index contributed by atoms with van der Waals surface area (Å²) in [4.78, 5) is 21.9. The molecule has 2 fully saturated rings. The number of hydrogen-bond acceptors (Lipinski definition) is 6. The van der Waals surface area contributed by atoms with Gasteiger partial charge in [-0.05, 0) is 79.8 Å². The molecule has 0 unspecified atom stereocenters. The molecular formula is C23H31IN4O3. The summed E-state index contributed by atoms with van der Waals surface area (Å²) in [5.74, 6) is 0.993. The Hall–Kier alpha value is -1.81. The normalized spacial score (nSPS) is 20.1. The van der Waals surface area contributed by atoms with Crippen molar-refractivity contribution in [2.75, 3.05) is 49.2 Å². The number of benzene rings is 1. The summed E-state index contributed by atoms with van der Waals surface area (Å²) in [6.45, 7) is 10.6. The fourth-order valence-corrected chi connectivity index (χ4v) is 4.77. The first-order valence-corrected chi connectivity index (χ1v) is 12.0. The van der Waals surface area contributed by atoms with Gasteiger partial charge in [0, 0.05) is 43.3 Å². The van der Waals surface area contributed by atoms with Crippen LogP contribution in [0.15, 0.2) is 24.3 Å². The Morgan fingerprint density at radius 1 is 1.19 bits per heavy atom. The molecule has 3 heterocycles. The molecule has 168 valence electrons. The van der Waals surface area contributed by atoms with Crippen LogP contribution in [0.2, 0.25) is 0 Å². The summed E-state index contributed by atoms with van der Waals surface area (Å²) in [5, 5.41) is 5.39. The molecule has 2 aliphatic rings. The molecular weight excluding hydrogens is 507 g/mol. The lowest BCUT2D eigenvalue weighted by Crippen LogP contribution is -2.49. The molecule has 1 aromatic carbocycles. The van der Waals surface area contributed by atoms with Crippen molar-refractivity contribution in [3.05, 3.63) is 28.0 Å². The number of carbonyl (C=O) groups is 1. The number of carbonyl (C=O) groups excluding carboxylic acids is 1. The van der Waals surface area contributed by atoms with E-state index in [1.54, 1.807) is 0 Å². The second kappa shape index (κ2) is 9.36. The number of amides is 1. The van der Waals surface area contributed by atoms with E-state index in [9.17, 15) is 4.79 Å². The molecule has 2 aromatic rings. The number of pyridine rings is 1. The Kier molecular flexibility index (Phi) is 6.76. The number of nitrogens with zero attached hydrogens (tertiary/aromatic N) is 3. The second-order valence-electron chi connectivity index (χ2n) is 9.20. The van der Waals surface area contributed by atoms with E-state index in [2.05, 4.69) is 62.0 Å². The Bertz CT molecular complexity index is 940. The zero-order chi connectivity index (χ0) is 22.0. The predicted octanol–water partition coefficient (Wildman–Crippen LogP) is 4.17. The molecule has 2 aliphatic heterocycles. The first-order valence-electron chi connectivity index (χ1n) is 11.0. The maximum Gasteiger partial charge on any atom is 0.407 e. The fourth-order valence-electron chi connectivity index (χ4n) is 4.21. The number of rotatable bonds is 3. The number of piperidine rings is 1. The quantitative estimate of drug-likeness (QED) is 0.468. The van der Waals surface area contributed by atoms with Gasteiger partial charge >= 0.3 is 6.09 Å². The van der Waals surface area contributed by atoms with Crippen molar-refractivity contribution in [3.63, 3.8) is 0 Å². The number of nitrogens with one attached hydrogen (secondary N) is 1. The number of aromatic nitrogens is 1. The van der Waals surface area contributed by atoms with Gasteiger partial charge in [-0.15, -0.1) is 0 Å². The Morgan fingerprint density at radius 3 is 2.71 bits per heavy atom. The molecule has 8 heteroatoms. The number of hydrogen-bond donors (Lipinski definition) is 1. The zero-order valence-corrected chi connectivity index (χ0v) is 20.6. The summed E-state index contributed by atoms with van der Waals surface area (Å²) in [6.07, 6.45) is 1.59. The SMILES string of the molecule is CC(C)(C)OC(=O)N[C@H]1CCCN(c2nc(I)cc3ccc(N4CCOCC4)cc23)C1. The highest BCUT2D eigenvalue weighted by atomic mass is 127. The average Bonchev–Trinajstić information content (AvgIpc) is 2.72. The highest BCUT2D eigenvalue weighted by Crippen LogP contribution is 2.32. The molecule has 1 atom stereocenters. The van der Waals surface area contributed by atoms with Gasteiger partial charge in [-0.2, -0.15) is 0 Å². The summed E-state index contributed by atoms with van der Waals surface area (Å²) in [7, 11) is 0. The number of morpholine rings is 1. The van der Waals surface area contributed by atoms with Gasteiger partial charge in [-0.1, -0.05) is 6.07 Å². The molecule has 31 heavy (non-hydrogen) atoms. The van der Waals surface area contributed by atoms with Crippen LogP contribution >= 0.6 is 22.6 Å². The van der Waals surface area contributed by atoms with E-state index in [1.165, 1.54) is 11.1 Å². The van der Waals surface area contributed by atoms with E-state index in [-0.39, 0.29) is 12.1 Å². The number of fused-ring (bicyclic) bond motifs is 1. The maximum atomic E-state index is 12.3. The molecule has 1 amide bonds. The molecule has 0 aliphatic carbocycles. The van der Waals surface area contributed by atoms with E-state index < -0.39 is 5.60 Å². The average molecular weight is 538 g/mol. The van der Waals surface area contributed by atoms with Crippen molar-refractivity contribution in [2.24, 2.45) is 0 Å². The molecule has 4 rings (SSSR count). The number of ether oxygens (including phenoxy) is 2. The van der Waals surface area contributed by atoms with Gasteiger partial charge in [0.15, 0.2) is 0 Å². The van der Waals surface area contributed by atoms with Crippen LogP contribution in [0.1, 0.15) is 33.6 Å². The fraction of sp³-hybridized carbons (Fsp3) is 0.565. The lowest BCUT2D eigenvalue weighted by molar-refractivity contribution is 0.0500.